The van der Waals surface area contributed by atoms with Crippen LogP contribution in [0.2, 0.25) is 0 Å². The molecule has 1 saturated heterocycles. The van der Waals surface area contributed by atoms with Crippen LogP contribution in [0.25, 0.3) is 0 Å². The van der Waals surface area contributed by atoms with E-state index in [0.29, 0.717) is 12.0 Å². The SMILES string of the molecule is S=c1[nH]nc([C@@H]2CCCNC2)n1C1CC1. The number of piperidine rings is 1. The standard InChI is InChI=1S/C10H16N4S/c15-10-13-12-9(14(10)8-3-4-8)7-2-1-5-11-6-7/h7-8,11H,1-6H2,(H,13,15)/t7-/m1/s1. The van der Waals surface area contributed by atoms with Crippen LogP contribution in [0, 0.1) is 4.77 Å². The summed E-state index contributed by atoms with van der Waals surface area (Å²) in [4.78, 5) is 0. The van der Waals surface area contributed by atoms with Crippen LogP contribution in [0.4, 0.5) is 0 Å². The van der Waals surface area contributed by atoms with Gasteiger partial charge in [0.25, 0.3) is 0 Å². The second kappa shape index (κ2) is 3.72. The summed E-state index contributed by atoms with van der Waals surface area (Å²) in [5.74, 6) is 1.72. The number of aromatic amines is 1. The first-order valence-corrected chi connectivity index (χ1v) is 6.14. The van der Waals surface area contributed by atoms with Crippen LogP contribution in [0.15, 0.2) is 0 Å². The number of nitrogens with zero attached hydrogens (tertiary/aromatic N) is 2. The molecule has 1 aromatic heterocycles. The minimum absolute atomic E-state index is 0.548. The van der Waals surface area contributed by atoms with E-state index in [4.69, 9.17) is 12.2 Å². The summed E-state index contributed by atoms with van der Waals surface area (Å²) in [6, 6.07) is 0.633. The monoisotopic (exact) mass is 224 g/mol. The van der Waals surface area contributed by atoms with Gasteiger partial charge in [0.15, 0.2) is 4.77 Å². The van der Waals surface area contributed by atoms with Crippen molar-refractivity contribution in [2.45, 2.75) is 37.6 Å². The quantitative estimate of drug-likeness (QED) is 0.752. The Kier molecular flexibility index (Phi) is 2.36. The first-order valence-electron chi connectivity index (χ1n) is 5.74. The molecule has 1 aliphatic carbocycles. The Morgan fingerprint density at radius 1 is 1.33 bits per heavy atom. The molecule has 2 aliphatic rings. The second-order valence-corrected chi connectivity index (χ2v) is 4.92. The lowest BCUT2D eigenvalue weighted by Crippen LogP contribution is -2.30. The molecule has 0 aromatic carbocycles. The lowest BCUT2D eigenvalue weighted by molar-refractivity contribution is 0.431. The van der Waals surface area contributed by atoms with Gasteiger partial charge in [-0.15, -0.1) is 0 Å². The van der Waals surface area contributed by atoms with Crippen molar-refractivity contribution in [3.63, 3.8) is 0 Å². The number of H-pyrrole nitrogens is 1. The number of nitrogens with one attached hydrogen (secondary N) is 2. The number of hydrogen-bond acceptors (Lipinski definition) is 3. The maximum atomic E-state index is 5.28. The third-order valence-electron chi connectivity index (χ3n) is 3.31. The predicted molar refractivity (Wildman–Crippen MR) is 60.5 cm³/mol. The molecule has 5 heteroatoms. The van der Waals surface area contributed by atoms with Gasteiger partial charge in [-0.05, 0) is 44.4 Å². The van der Waals surface area contributed by atoms with E-state index >= 15 is 0 Å². The normalized spacial score (nSPS) is 26.8. The van der Waals surface area contributed by atoms with Gasteiger partial charge < -0.3 is 9.88 Å². The van der Waals surface area contributed by atoms with Crippen molar-refractivity contribution >= 4 is 12.2 Å². The van der Waals surface area contributed by atoms with Crippen molar-refractivity contribution in [2.24, 2.45) is 0 Å². The molecular formula is C10H16N4S. The summed E-state index contributed by atoms with van der Waals surface area (Å²) < 4.78 is 3.05. The van der Waals surface area contributed by atoms with Crippen LogP contribution in [-0.4, -0.2) is 27.9 Å². The highest BCUT2D eigenvalue weighted by atomic mass is 32.1. The van der Waals surface area contributed by atoms with Crippen molar-refractivity contribution in [3.8, 4) is 0 Å². The maximum Gasteiger partial charge on any atom is 0.195 e. The van der Waals surface area contributed by atoms with Crippen molar-refractivity contribution < 1.29 is 0 Å². The molecule has 3 rings (SSSR count). The van der Waals surface area contributed by atoms with Crippen molar-refractivity contribution in [1.82, 2.24) is 20.1 Å². The third kappa shape index (κ3) is 1.74. The Morgan fingerprint density at radius 2 is 2.20 bits per heavy atom. The fourth-order valence-electron chi connectivity index (χ4n) is 2.36. The molecule has 1 atom stereocenters. The molecule has 2 fully saturated rings. The van der Waals surface area contributed by atoms with Crippen molar-refractivity contribution in [3.05, 3.63) is 10.6 Å². The van der Waals surface area contributed by atoms with Gasteiger partial charge in [-0.3, -0.25) is 5.10 Å². The zero-order valence-electron chi connectivity index (χ0n) is 8.70. The average molecular weight is 224 g/mol. The summed E-state index contributed by atoms with van der Waals surface area (Å²) >= 11 is 5.28. The smallest absolute Gasteiger partial charge is 0.195 e. The van der Waals surface area contributed by atoms with E-state index in [2.05, 4.69) is 20.1 Å². The van der Waals surface area contributed by atoms with Crippen LogP contribution in [0.5, 0.6) is 0 Å². The molecule has 0 amide bonds. The van der Waals surface area contributed by atoms with Crippen molar-refractivity contribution in [2.75, 3.05) is 13.1 Å². The molecule has 0 spiro atoms. The third-order valence-corrected chi connectivity index (χ3v) is 3.59. The Bertz CT molecular complexity index is 398. The molecule has 0 unspecified atom stereocenters. The van der Waals surface area contributed by atoms with Gasteiger partial charge in [0.05, 0.1) is 0 Å². The summed E-state index contributed by atoms with van der Waals surface area (Å²) in [6.45, 7) is 2.19. The van der Waals surface area contributed by atoms with E-state index in [9.17, 15) is 0 Å². The first kappa shape index (κ1) is 9.54. The van der Waals surface area contributed by atoms with Gasteiger partial charge >= 0.3 is 0 Å². The van der Waals surface area contributed by atoms with E-state index in [1.165, 1.54) is 31.5 Å². The fourth-order valence-corrected chi connectivity index (χ4v) is 2.65. The minimum Gasteiger partial charge on any atom is -0.316 e. The van der Waals surface area contributed by atoms with Gasteiger partial charge in [-0.1, -0.05) is 0 Å². The van der Waals surface area contributed by atoms with Crippen LogP contribution in [-0.2, 0) is 0 Å². The zero-order chi connectivity index (χ0) is 10.3. The first-order chi connectivity index (χ1) is 7.36. The van der Waals surface area contributed by atoms with E-state index in [-0.39, 0.29) is 0 Å². The Balaban J connectivity index is 1.92. The highest BCUT2D eigenvalue weighted by Crippen LogP contribution is 2.37. The molecule has 0 radical (unpaired) electrons. The van der Waals surface area contributed by atoms with Gasteiger partial charge in [-0.2, -0.15) is 5.10 Å². The number of hydrogen-bond donors (Lipinski definition) is 2. The van der Waals surface area contributed by atoms with Crippen LogP contribution in [0.3, 0.4) is 0 Å². The minimum atomic E-state index is 0.548. The van der Waals surface area contributed by atoms with Gasteiger partial charge in [0.1, 0.15) is 5.82 Å². The van der Waals surface area contributed by atoms with Gasteiger partial charge in [0, 0.05) is 18.5 Å². The molecule has 1 aliphatic heterocycles. The molecule has 1 aromatic rings. The fraction of sp³-hybridized carbons (Fsp3) is 0.800. The predicted octanol–water partition coefficient (Wildman–Crippen LogP) is 1.74. The molecule has 4 nitrogen and oxygen atoms in total. The summed E-state index contributed by atoms with van der Waals surface area (Å²) in [5.41, 5.74) is 0. The Labute approximate surface area is 94.1 Å². The summed E-state index contributed by atoms with van der Waals surface area (Å²) in [7, 11) is 0. The van der Waals surface area contributed by atoms with Gasteiger partial charge in [-0.25, -0.2) is 0 Å². The van der Waals surface area contributed by atoms with Crippen molar-refractivity contribution in [1.29, 1.82) is 0 Å². The molecule has 1 saturated carbocycles. The summed E-state index contributed by atoms with van der Waals surface area (Å²) in [5, 5.41) is 10.8. The van der Waals surface area contributed by atoms with Gasteiger partial charge in [0.2, 0.25) is 0 Å². The molecule has 82 valence electrons. The topological polar surface area (TPSA) is 45.6 Å². The number of rotatable bonds is 2. The van der Waals surface area contributed by atoms with E-state index in [1.54, 1.807) is 0 Å². The van der Waals surface area contributed by atoms with E-state index < -0.39 is 0 Å². The highest BCUT2D eigenvalue weighted by molar-refractivity contribution is 7.71. The maximum absolute atomic E-state index is 5.28. The highest BCUT2D eigenvalue weighted by Gasteiger charge is 2.30. The molecule has 15 heavy (non-hydrogen) atoms. The molecular weight excluding hydrogens is 208 g/mol. The van der Waals surface area contributed by atoms with Crippen LogP contribution >= 0.6 is 12.2 Å². The Hall–Kier alpha value is -0.680. The average Bonchev–Trinajstić information content (AvgIpc) is 3.03. The molecule has 2 N–H and O–H groups in total. The Morgan fingerprint density at radius 3 is 2.87 bits per heavy atom. The lowest BCUT2D eigenvalue weighted by Gasteiger charge is -2.22. The largest absolute Gasteiger partial charge is 0.316 e. The van der Waals surface area contributed by atoms with Crippen LogP contribution < -0.4 is 5.32 Å². The number of aromatic nitrogens is 3. The molecule has 2 heterocycles. The molecule has 0 bridgehead atoms. The lowest BCUT2D eigenvalue weighted by atomic mass is 9.99. The van der Waals surface area contributed by atoms with E-state index in [1.807, 2.05) is 0 Å². The van der Waals surface area contributed by atoms with E-state index in [0.717, 1.165) is 17.9 Å². The second-order valence-electron chi connectivity index (χ2n) is 4.53. The zero-order valence-corrected chi connectivity index (χ0v) is 9.52. The van der Waals surface area contributed by atoms with Crippen LogP contribution in [0.1, 0.15) is 43.5 Å². The summed E-state index contributed by atoms with van der Waals surface area (Å²) in [6.07, 6.45) is 5.01.